The van der Waals surface area contributed by atoms with Gasteiger partial charge in [-0.15, -0.1) is 6.58 Å². The van der Waals surface area contributed by atoms with Gasteiger partial charge >= 0.3 is 0 Å². The van der Waals surface area contributed by atoms with Crippen molar-refractivity contribution in [1.29, 1.82) is 0 Å². The van der Waals surface area contributed by atoms with E-state index in [9.17, 15) is 4.79 Å². The van der Waals surface area contributed by atoms with E-state index in [0.717, 1.165) is 6.42 Å². The van der Waals surface area contributed by atoms with Gasteiger partial charge in [0.05, 0.1) is 5.92 Å². The van der Waals surface area contributed by atoms with Crippen molar-refractivity contribution in [1.82, 2.24) is 0 Å². The van der Waals surface area contributed by atoms with E-state index in [0.29, 0.717) is 0 Å². The molecule has 1 amide bonds. The van der Waals surface area contributed by atoms with Crippen LogP contribution in [0.3, 0.4) is 0 Å². The number of rotatable bonds is 3. The first kappa shape index (κ1) is 7.21. The van der Waals surface area contributed by atoms with E-state index in [1.54, 1.807) is 6.08 Å². The molecule has 0 aromatic carbocycles. The van der Waals surface area contributed by atoms with Gasteiger partial charge in [0.1, 0.15) is 0 Å². The number of nitrogens with two attached hydrogens (primary N) is 1. The lowest BCUT2D eigenvalue weighted by atomic mass is 10.1. The van der Waals surface area contributed by atoms with E-state index in [1.165, 1.54) is 0 Å². The smallest absolute Gasteiger partial charge is 0.224 e. The van der Waals surface area contributed by atoms with E-state index >= 15 is 0 Å². The highest BCUT2D eigenvalue weighted by atomic mass is 16.1. The minimum absolute atomic E-state index is 0.144. The van der Waals surface area contributed by atoms with Crippen LogP contribution in [-0.2, 0) is 4.79 Å². The van der Waals surface area contributed by atoms with Crippen molar-refractivity contribution in [3.63, 3.8) is 0 Å². The van der Waals surface area contributed by atoms with Crippen molar-refractivity contribution in [3.8, 4) is 0 Å². The summed E-state index contributed by atoms with van der Waals surface area (Å²) in [5, 5.41) is 0. The predicted molar refractivity (Wildman–Crippen MR) is 33.2 cm³/mol. The summed E-state index contributed by atoms with van der Waals surface area (Å²) < 4.78 is 0. The Morgan fingerprint density at radius 3 is 2.50 bits per heavy atom. The number of hydrogen-bond acceptors (Lipinski definition) is 1. The standard InChI is InChI=1S/C6H11NO/c1-3-5(4-2)6(7)8/h3,5H,1,4H2,2H3,(H2,7,8)/t5-/m0/s1. The Morgan fingerprint density at radius 1 is 2.00 bits per heavy atom. The molecule has 0 saturated heterocycles. The van der Waals surface area contributed by atoms with Crippen LogP contribution < -0.4 is 5.73 Å². The van der Waals surface area contributed by atoms with Gasteiger partial charge in [0.15, 0.2) is 0 Å². The summed E-state index contributed by atoms with van der Waals surface area (Å²) >= 11 is 0. The normalized spacial score (nSPS) is 12.6. The summed E-state index contributed by atoms with van der Waals surface area (Å²) in [6.07, 6.45) is 2.32. The molecule has 0 rings (SSSR count). The molecule has 2 heteroatoms. The van der Waals surface area contributed by atoms with E-state index in [1.807, 2.05) is 6.92 Å². The third kappa shape index (κ3) is 1.78. The molecule has 0 aliphatic carbocycles. The van der Waals surface area contributed by atoms with Gasteiger partial charge < -0.3 is 5.73 Å². The molecule has 0 aromatic rings. The molecule has 1 atom stereocenters. The van der Waals surface area contributed by atoms with Crippen LogP contribution in [0.25, 0.3) is 0 Å². The monoisotopic (exact) mass is 113 g/mol. The van der Waals surface area contributed by atoms with Gasteiger partial charge in [-0.2, -0.15) is 0 Å². The lowest BCUT2D eigenvalue weighted by molar-refractivity contribution is -0.120. The Labute approximate surface area is 49.4 Å². The molecule has 46 valence electrons. The molecule has 2 nitrogen and oxygen atoms in total. The third-order valence-electron chi connectivity index (χ3n) is 1.09. The molecular weight excluding hydrogens is 102 g/mol. The van der Waals surface area contributed by atoms with Gasteiger partial charge in [0.25, 0.3) is 0 Å². The van der Waals surface area contributed by atoms with Crippen molar-refractivity contribution in [2.75, 3.05) is 0 Å². The minimum Gasteiger partial charge on any atom is -0.369 e. The molecule has 2 N–H and O–H groups in total. The predicted octanol–water partition coefficient (Wildman–Crippen LogP) is 0.684. The second-order valence-electron chi connectivity index (χ2n) is 1.65. The van der Waals surface area contributed by atoms with E-state index in [4.69, 9.17) is 5.73 Å². The van der Waals surface area contributed by atoms with Gasteiger partial charge in [-0.3, -0.25) is 4.79 Å². The number of hydrogen-bond donors (Lipinski definition) is 1. The Bertz CT molecular complexity index is 98.7. The van der Waals surface area contributed by atoms with Crippen molar-refractivity contribution in [2.24, 2.45) is 11.7 Å². The average molecular weight is 113 g/mol. The lowest BCUT2D eigenvalue weighted by Crippen LogP contribution is -2.20. The molecule has 0 bridgehead atoms. The van der Waals surface area contributed by atoms with Crippen molar-refractivity contribution in [2.45, 2.75) is 13.3 Å². The number of amides is 1. The fourth-order valence-electron chi connectivity index (χ4n) is 0.484. The zero-order valence-electron chi connectivity index (χ0n) is 5.05. The van der Waals surface area contributed by atoms with E-state index < -0.39 is 0 Å². The number of primary amides is 1. The topological polar surface area (TPSA) is 43.1 Å². The Balaban J connectivity index is 3.69. The van der Waals surface area contributed by atoms with Crippen LogP contribution in [0.15, 0.2) is 12.7 Å². The Morgan fingerprint density at radius 2 is 2.50 bits per heavy atom. The van der Waals surface area contributed by atoms with E-state index in [-0.39, 0.29) is 11.8 Å². The van der Waals surface area contributed by atoms with Crippen LogP contribution >= 0.6 is 0 Å². The van der Waals surface area contributed by atoms with Crippen molar-refractivity contribution in [3.05, 3.63) is 12.7 Å². The van der Waals surface area contributed by atoms with Crippen molar-refractivity contribution < 1.29 is 4.79 Å². The van der Waals surface area contributed by atoms with Crippen LogP contribution in [0.2, 0.25) is 0 Å². The van der Waals surface area contributed by atoms with Crippen LogP contribution in [0, 0.1) is 5.92 Å². The SMILES string of the molecule is C=C[C@@H](CC)C(N)=O. The second-order valence-corrected chi connectivity index (χ2v) is 1.65. The highest BCUT2D eigenvalue weighted by Crippen LogP contribution is 1.99. The zero-order chi connectivity index (χ0) is 6.57. The molecule has 0 saturated carbocycles. The summed E-state index contributed by atoms with van der Waals surface area (Å²) in [4.78, 5) is 10.3. The average Bonchev–Trinajstić information content (AvgIpc) is 1.69. The lowest BCUT2D eigenvalue weighted by Gasteiger charge is -2.00. The summed E-state index contributed by atoms with van der Waals surface area (Å²) in [6, 6.07) is 0. The zero-order valence-corrected chi connectivity index (χ0v) is 5.05. The minimum atomic E-state index is -0.289. The highest BCUT2D eigenvalue weighted by molar-refractivity contribution is 5.78. The largest absolute Gasteiger partial charge is 0.369 e. The van der Waals surface area contributed by atoms with Gasteiger partial charge in [-0.25, -0.2) is 0 Å². The van der Waals surface area contributed by atoms with Crippen LogP contribution in [0.4, 0.5) is 0 Å². The first-order chi connectivity index (χ1) is 3.72. The maximum Gasteiger partial charge on any atom is 0.224 e. The van der Waals surface area contributed by atoms with Gasteiger partial charge in [-0.1, -0.05) is 13.0 Å². The Kier molecular flexibility index (Phi) is 2.92. The summed E-state index contributed by atoms with van der Waals surface area (Å²) in [5.41, 5.74) is 4.95. The first-order valence-corrected chi connectivity index (χ1v) is 2.64. The molecule has 0 spiro atoms. The van der Waals surface area contributed by atoms with Gasteiger partial charge in [-0.05, 0) is 6.42 Å². The molecule has 0 radical (unpaired) electrons. The number of carbonyl (C=O) groups is 1. The molecule has 0 aromatic heterocycles. The summed E-state index contributed by atoms with van der Waals surface area (Å²) in [6.45, 7) is 5.35. The number of carbonyl (C=O) groups excluding carboxylic acids is 1. The van der Waals surface area contributed by atoms with E-state index in [2.05, 4.69) is 6.58 Å². The fourth-order valence-corrected chi connectivity index (χ4v) is 0.484. The van der Waals surface area contributed by atoms with Gasteiger partial charge in [0, 0.05) is 0 Å². The third-order valence-corrected chi connectivity index (χ3v) is 1.09. The summed E-state index contributed by atoms with van der Waals surface area (Å²) in [5.74, 6) is -0.433. The van der Waals surface area contributed by atoms with Crippen LogP contribution in [-0.4, -0.2) is 5.91 Å². The highest BCUT2D eigenvalue weighted by Gasteiger charge is 2.05. The quantitative estimate of drug-likeness (QED) is 0.537. The van der Waals surface area contributed by atoms with Crippen LogP contribution in [0.1, 0.15) is 13.3 Å². The van der Waals surface area contributed by atoms with Crippen molar-refractivity contribution >= 4 is 5.91 Å². The van der Waals surface area contributed by atoms with Crippen LogP contribution in [0.5, 0.6) is 0 Å². The molecule has 0 aliphatic rings. The maximum absolute atomic E-state index is 10.3. The molecule has 8 heavy (non-hydrogen) atoms. The van der Waals surface area contributed by atoms with Gasteiger partial charge in [0.2, 0.25) is 5.91 Å². The second kappa shape index (κ2) is 3.24. The molecular formula is C6H11NO. The molecule has 0 aliphatic heterocycles. The first-order valence-electron chi connectivity index (χ1n) is 2.64. The maximum atomic E-state index is 10.3. The fraction of sp³-hybridized carbons (Fsp3) is 0.500. The Hall–Kier alpha value is -0.790. The molecule has 0 unspecified atom stereocenters. The summed E-state index contributed by atoms with van der Waals surface area (Å²) in [7, 11) is 0. The molecule has 0 heterocycles. The molecule has 0 fully saturated rings.